The van der Waals surface area contributed by atoms with Crippen molar-refractivity contribution >= 4 is 17.5 Å². The highest BCUT2D eigenvalue weighted by Crippen LogP contribution is 2.30. The Bertz CT molecular complexity index is 481. The lowest BCUT2D eigenvalue weighted by Crippen LogP contribution is -2.27. The Morgan fingerprint density at radius 3 is 2.83 bits per heavy atom. The zero-order chi connectivity index (χ0) is 13.3. The monoisotopic (exact) mass is 252 g/mol. The third-order valence-corrected chi connectivity index (χ3v) is 2.56. The van der Waals surface area contributed by atoms with Gasteiger partial charge in [-0.2, -0.15) is 0 Å². The molecule has 0 atom stereocenters. The van der Waals surface area contributed by atoms with Gasteiger partial charge in [-0.25, -0.2) is 9.18 Å². The van der Waals surface area contributed by atoms with Crippen molar-refractivity contribution in [1.82, 2.24) is 0 Å². The van der Waals surface area contributed by atoms with Crippen molar-refractivity contribution in [2.45, 2.75) is 32.8 Å². The molecule has 1 aliphatic rings. The zero-order valence-corrected chi connectivity index (χ0v) is 10.8. The normalized spacial score (nSPS) is 13.8. The summed E-state index contributed by atoms with van der Waals surface area (Å²) in [6.45, 7) is 6.00. The molecule has 0 bridgehead atoms. The zero-order valence-electron chi connectivity index (χ0n) is 10.8. The van der Waals surface area contributed by atoms with E-state index in [0.717, 1.165) is 18.5 Å². The largest absolute Gasteiger partial charge is 0.444 e. The first-order chi connectivity index (χ1) is 8.37. The number of anilines is 2. The van der Waals surface area contributed by atoms with Crippen LogP contribution in [0.15, 0.2) is 12.1 Å². The fourth-order valence-electron chi connectivity index (χ4n) is 1.85. The first-order valence-electron chi connectivity index (χ1n) is 5.92. The Labute approximate surface area is 106 Å². The molecule has 5 heteroatoms. The van der Waals surface area contributed by atoms with Crippen LogP contribution in [-0.4, -0.2) is 18.2 Å². The summed E-state index contributed by atoms with van der Waals surface area (Å²) in [5.41, 5.74) is 0.943. The lowest BCUT2D eigenvalue weighted by atomic mass is 10.1. The minimum atomic E-state index is -0.653. The second kappa shape index (κ2) is 4.48. The quantitative estimate of drug-likeness (QED) is 0.807. The van der Waals surface area contributed by atoms with Crippen LogP contribution in [0.25, 0.3) is 0 Å². The lowest BCUT2D eigenvalue weighted by Gasteiger charge is -2.20. The van der Waals surface area contributed by atoms with Crippen molar-refractivity contribution in [3.05, 3.63) is 23.5 Å². The maximum atomic E-state index is 14.0. The highest BCUT2D eigenvalue weighted by Gasteiger charge is 2.21. The summed E-state index contributed by atoms with van der Waals surface area (Å²) >= 11 is 0. The van der Waals surface area contributed by atoms with Crippen molar-refractivity contribution in [2.24, 2.45) is 0 Å². The molecular formula is C13H17FN2O2. The Hall–Kier alpha value is -1.78. The number of carbonyl (C=O) groups excluding carboxylic acids is 1. The molecule has 1 aliphatic heterocycles. The van der Waals surface area contributed by atoms with Gasteiger partial charge >= 0.3 is 6.09 Å². The first-order valence-corrected chi connectivity index (χ1v) is 5.92. The number of amides is 1. The van der Waals surface area contributed by atoms with Gasteiger partial charge in [0.2, 0.25) is 0 Å². The van der Waals surface area contributed by atoms with Crippen LogP contribution in [0.5, 0.6) is 0 Å². The predicted octanol–water partition coefficient (Wildman–Crippen LogP) is 3.14. The van der Waals surface area contributed by atoms with E-state index in [0.29, 0.717) is 5.69 Å². The van der Waals surface area contributed by atoms with E-state index in [2.05, 4.69) is 10.6 Å². The molecule has 98 valence electrons. The Balaban J connectivity index is 2.13. The van der Waals surface area contributed by atoms with Gasteiger partial charge in [-0.1, -0.05) is 6.07 Å². The molecule has 2 N–H and O–H groups in total. The summed E-state index contributed by atoms with van der Waals surface area (Å²) in [6.07, 6.45) is 0.151. The summed E-state index contributed by atoms with van der Waals surface area (Å²) in [5, 5.41) is 5.38. The molecular weight excluding hydrogens is 235 g/mol. The van der Waals surface area contributed by atoms with E-state index in [1.54, 1.807) is 26.8 Å². The molecule has 0 saturated carbocycles. The van der Waals surface area contributed by atoms with Gasteiger partial charge in [-0.05, 0) is 38.8 Å². The van der Waals surface area contributed by atoms with Crippen LogP contribution in [-0.2, 0) is 11.2 Å². The van der Waals surface area contributed by atoms with Crippen molar-refractivity contribution in [3.8, 4) is 0 Å². The maximum absolute atomic E-state index is 14.0. The third-order valence-electron chi connectivity index (χ3n) is 2.56. The Kier molecular flexibility index (Phi) is 3.15. The van der Waals surface area contributed by atoms with E-state index < -0.39 is 17.5 Å². The minimum Gasteiger partial charge on any atom is -0.444 e. The van der Waals surface area contributed by atoms with Crippen LogP contribution < -0.4 is 10.6 Å². The van der Waals surface area contributed by atoms with E-state index in [-0.39, 0.29) is 5.69 Å². The molecule has 18 heavy (non-hydrogen) atoms. The summed E-state index contributed by atoms with van der Waals surface area (Å²) in [7, 11) is 0. The lowest BCUT2D eigenvalue weighted by molar-refractivity contribution is 0.0635. The summed E-state index contributed by atoms with van der Waals surface area (Å²) in [6, 6.07) is 3.37. The summed E-state index contributed by atoms with van der Waals surface area (Å²) in [5.74, 6) is -0.434. The van der Waals surface area contributed by atoms with Gasteiger partial charge in [-0.15, -0.1) is 0 Å². The van der Waals surface area contributed by atoms with Crippen LogP contribution in [0.4, 0.5) is 20.6 Å². The van der Waals surface area contributed by atoms with Gasteiger partial charge in [0.15, 0.2) is 5.82 Å². The predicted molar refractivity (Wildman–Crippen MR) is 68.5 cm³/mol. The molecule has 0 radical (unpaired) electrons. The van der Waals surface area contributed by atoms with E-state index in [1.807, 2.05) is 6.07 Å². The van der Waals surface area contributed by atoms with E-state index >= 15 is 0 Å². The van der Waals surface area contributed by atoms with Gasteiger partial charge in [0.05, 0.1) is 11.4 Å². The summed E-state index contributed by atoms with van der Waals surface area (Å²) in [4.78, 5) is 11.6. The van der Waals surface area contributed by atoms with Gasteiger partial charge in [-0.3, -0.25) is 5.32 Å². The fourth-order valence-corrected chi connectivity index (χ4v) is 1.85. The van der Waals surface area contributed by atoms with Crippen molar-refractivity contribution in [1.29, 1.82) is 0 Å². The molecule has 0 aromatic heterocycles. The number of halogens is 1. The van der Waals surface area contributed by atoms with Gasteiger partial charge in [0, 0.05) is 6.54 Å². The molecule has 0 unspecified atom stereocenters. The molecule has 2 rings (SSSR count). The molecule has 1 amide bonds. The highest BCUT2D eigenvalue weighted by molar-refractivity contribution is 5.86. The average Bonchev–Trinajstić information content (AvgIpc) is 2.68. The van der Waals surface area contributed by atoms with Crippen molar-refractivity contribution in [3.63, 3.8) is 0 Å². The van der Waals surface area contributed by atoms with E-state index in [1.165, 1.54) is 0 Å². The molecule has 1 aromatic carbocycles. The molecule has 0 saturated heterocycles. The number of nitrogens with one attached hydrogen (secondary N) is 2. The number of ether oxygens (including phenoxy) is 1. The van der Waals surface area contributed by atoms with Gasteiger partial charge < -0.3 is 10.1 Å². The number of hydrogen-bond acceptors (Lipinski definition) is 3. The van der Waals surface area contributed by atoms with Crippen LogP contribution in [0.1, 0.15) is 26.3 Å². The number of fused-ring (bicyclic) bond motifs is 1. The summed E-state index contributed by atoms with van der Waals surface area (Å²) < 4.78 is 19.1. The number of hydrogen-bond donors (Lipinski definition) is 2. The van der Waals surface area contributed by atoms with E-state index in [4.69, 9.17) is 4.74 Å². The maximum Gasteiger partial charge on any atom is 0.412 e. The van der Waals surface area contributed by atoms with E-state index in [9.17, 15) is 9.18 Å². The van der Waals surface area contributed by atoms with Crippen LogP contribution in [0.3, 0.4) is 0 Å². The third kappa shape index (κ3) is 2.72. The first kappa shape index (κ1) is 12.7. The molecule has 1 heterocycles. The van der Waals surface area contributed by atoms with Crippen LogP contribution >= 0.6 is 0 Å². The number of benzene rings is 1. The average molecular weight is 252 g/mol. The molecule has 0 spiro atoms. The topological polar surface area (TPSA) is 50.4 Å². The SMILES string of the molecule is CC(C)(C)OC(=O)Nc1ccc2c(c1F)NCC2. The molecule has 0 aliphatic carbocycles. The minimum absolute atomic E-state index is 0.136. The molecule has 4 nitrogen and oxygen atoms in total. The number of rotatable bonds is 1. The smallest absolute Gasteiger partial charge is 0.412 e. The van der Waals surface area contributed by atoms with Crippen LogP contribution in [0.2, 0.25) is 0 Å². The second-order valence-electron chi connectivity index (χ2n) is 5.26. The highest BCUT2D eigenvalue weighted by atomic mass is 19.1. The molecule has 0 fully saturated rings. The van der Waals surface area contributed by atoms with Crippen LogP contribution in [0, 0.1) is 5.82 Å². The Morgan fingerprint density at radius 2 is 2.17 bits per heavy atom. The second-order valence-corrected chi connectivity index (χ2v) is 5.26. The van der Waals surface area contributed by atoms with Gasteiger partial charge in [0.25, 0.3) is 0 Å². The molecule has 1 aromatic rings. The van der Waals surface area contributed by atoms with Crippen molar-refractivity contribution in [2.75, 3.05) is 17.2 Å². The van der Waals surface area contributed by atoms with Crippen molar-refractivity contribution < 1.29 is 13.9 Å². The number of carbonyl (C=O) groups is 1. The Morgan fingerprint density at radius 1 is 1.44 bits per heavy atom. The fraction of sp³-hybridized carbons (Fsp3) is 0.462. The van der Waals surface area contributed by atoms with Gasteiger partial charge in [0.1, 0.15) is 5.60 Å². The standard InChI is InChI=1S/C13H17FN2O2/c1-13(2,3)18-12(17)16-9-5-4-8-6-7-15-11(8)10(9)14/h4-5,15H,6-7H2,1-3H3,(H,16,17).